The molecular formula is C23H28O3. The van der Waals surface area contributed by atoms with Gasteiger partial charge in [0.15, 0.2) is 0 Å². The van der Waals surface area contributed by atoms with Crippen LogP contribution in [0.3, 0.4) is 0 Å². The zero-order valence-corrected chi connectivity index (χ0v) is 16.1. The van der Waals surface area contributed by atoms with Crippen molar-refractivity contribution in [2.75, 3.05) is 7.11 Å². The molecule has 0 radical (unpaired) electrons. The van der Waals surface area contributed by atoms with E-state index in [1.165, 1.54) is 34.8 Å². The molecule has 0 aromatic heterocycles. The van der Waals surface area contributed by atoms with Crippen LogP contribution in [0.1, 0.15) is 63.5 Å². The highest BCUT2D eigenvalue weighted by Gasteiger charge is 2.50. The summed E-state index contributed by atoms with van der Waals surface area (Å²) in [4.78, 5) is 11.7. The van der Waals surface area contributed by atoms with Crippen molar-refractivity contribution in [1.29, 1.82) is 0 Å². The summed E-state index contributed by atoms with van der Waals surface area (Å²) in [5.74, 6) is 0.792. The molecule has 3 heteroatoms. The Hall–Kier alpha value is -2.03. The molecule has 0 amide bonds. The van der Waals surface area contributed by atoms with Gasteiger partial charge in [0.05, 0.1) is 7.11 Å². The zero-order valence-electron chi connectivity index (χ0n) is 16.1. The average Bonchev–Trinajstić information content (AvgIpc) is 2.99. The van der Waals surface area contributed by atoms with Crippen LogP contribution in [0, 0.1) is 5.41 Å². The molecule has 0 bridgehead atoms. The van der Waals surface area contributed by atoms with Crippen molar-refractivity contribution in [3.05, 3.63) is 46.5 Å². The van der Waals surface area contributed by atoms with Crippen LogP contribution in [-0.4, -0.2) is 19.2 Å². The minimum atomic E-state index is -0.152. The maximum Gasteiger partial charge on any atom is 0.302 e. The molecule has 2 atom stereocenters. The molecule has 0 saturated heterocycles. The lowest BCUT2D eigenvalue weighted by atomic mass is 9.62. The molecule has 0 spiro atoms. The average molecular weight is 352 g/mol. The van der Waals surface area contributed by atoms with Crippen LogP contribution in [0.15, 0.2) is 35.4 Å². The standard InChI is InChI=1S/C23H28O3/c1-4-12-23-13-11-19-18-8-6-17(25-3)14-16(18)5-7-20(19)21(23)9-10-22(23)26-15(2)24/h6,8-9,14,22H,4-5,7,10-13H2,1-3H3/t22-,23+/m1/s1. The van der Waals surface area contributed by atoms with Gasteiger partial charge in [-0.05, 0) is 72.1 Å². The Bertz CT molecular complexity index is 802. The van der Waals surface area contributed by atoms with Gasteiger partial charge in [0.2, 0.25) is 0 Å². The quantitative estimate of drug-likeness (QED) is 0.695. The highest BCUT2D eigenvalue weighted by atomic mass is 16.5. The number of fused-ring (bicyclic) bond motifs is 4. The second-order valence-corrected chi connectivity index (χ2v) is 7.84. The highest BCUT2D eigenvalue weighted by Crippen LogP contribution is 2.58. The van der Waals surface area contributed by atoms with Gasteiger partial charge in [-0.15, -0.1) is 0 Å². The number of ether oxygens (including phenoxy) is 2. The van der Waals surface area contributed by atoms with Crippen molar-refractivity contribution in [3.8, 4) is 5.75 Å². The third kappa shape index (κ3) is 2.60. The first-order chi connectivity index (χ1) is 12.6. The molecule has 138 valence electrons. The topological polar surface area (TPSA) is 35.5 Å². The number of methoxy groups -OCH3 is 1. The highest BCUT2D eigenvalue weighted by molar-refractivity contribution is 5.79. The number of benzene rings is 1. The van der Waals surface area contributed by atoms with E-state index in [4.69, 9.17) is 9.47 Å². The fourth-order valence-electron chi connectivity index (χ4n) is 5.48. The van der Waals surface area contributed by atoms with Crippen LogP contribution in [0.25, 0.3) is 5.57 Å². The fraction of sp³-hybridized carbons (Fsp3) is 0.522. The van der Waals surface area contributed by atoms with Gasteiger partial charge in [-0.25, -0.2) is 0 Å². The van der Waals surface area contributed by atoms with Crippen molar-refractivity contribution in [1.82, 2.24) is 0 Å². The first kappa shape index (κ1) is 17.4. The van der Waals surface area contributed by atoms with Gasteiger partial charge in [0, 0.05) is 18.8 Å². The molecule has 0 aliphatic heterocycles. The smallest absolute Gasteiger partial charge is 0.302 e. The number of allylic oxidation sites excluding steroid dienone is 2. The third-order valence-corrected chi connectivity index (χ3v) is 6.49. The van der Waals surface area contributed by atoms with Crippen molar-refractivity contribution in [2.24, 2.45) is 5.41 Å². The van der Waals surface area contributed by atoms with Crippen molar-refractivity contribution in [2.45, 2.75) is 64.9 Å². The first-order valence-corrected chi connectivity index (χ1v) is 9.86. The van der Waals surface area contributed by atoms with Crippen LogP contribution in [0.4, 0.5) is 0 Å². The van der Waals surface area contributed by atoms with Gasteiger partial charge in [-0.2, -0.15) is 0 Å². The van der Waals surface area contributed by atoms with E-state index in [0.29, 0.717) is 0 Å². The Morgan fingerprint density at radius 3 is 2.81 bits per heavy atom. The number of hydrogen-bond donors (Lipinski definition) is 0. The second kappa shape index (κ2) is 6.61. The molecular weight excluding hydrogens is 324 g/mol. The van der Waals surface area contributed by atoms with Crippen molar-refractivity contribution in [3.63, 3.8) is 0 Å². The zero-order chi connectivity index (χ0) is 18.3. The lowest BCUT2D eigenvalue weighted by Gasteiger charge is -2.44. The summed E-state index contributed by atoms with van der Waals surface area (Å²) < 4.78 is 11.2. The van der Waals surface area contributed by atoms with E-state index in [2.05, 4.69) is 31.2 Å². The van der Waals surface area contributed by atoms with E-state index in [9.17, 15) is 4.79 Å². The third-order valence-electron chi connectivity index (χ3n) is 6.49. The summed E-state index contributed by atoms with van der Waals surface area (Å²) in [5, 5.41) is 0. The summed E-state index contributed by atoms with van der Waals surface area (Å²) in [6, 6.07) is 6.50. The van der Waals surface area contributed by atoms with E-state index in [1.54, 1.807) is 7.11 Å². The monoisotopic (exact) mass is 352 g/mol. The molecule has 0 heterocycles. The minimum absolute atomic E-state index is 0.0151. The Morgan fingerprint density at radius 2 is 2.08 bits per heavy atom. The lowest BCUT2D eigenvalue weighted by molar-refractivity contribution is -0.151. The molecule has 0 fully saturated rings. The van der Waals surface area contributed by atoms with E-state index >= 15 is 0 Å². The Balaban J connectivity index is 1.75. The van der Waals surface area contributed by atoms with Crippen LogP contribution in [0.5, 0.6) is 5.75 Å². The van der Waals surface area contributed by atoms with Crippen LogP contribution in [-0.2, 0) is 16.0 Å². The van der Waals surface area contributed by atoms with E-state index in [-0.39, 0.29) is 17.5 Å². The maximum absolute atomic E-state index is 11.7. The van der Waals surface area contributed by atoms with E-state index in [0.717, 1.165) is 50.7 Å². The summed E-state index contributed by atoms with van der Waals surface area (Å²) in [6.45, 7) is 3.78. The lowest BCUT2D eigenvalue weighted by Crippen LogP contribution is -2.39. The molecule has 0 saturated carbocycles. The summed E-state index contributed by atoms with van der Waals surface area (Å²) in [6.07, 6.45) is 9.75. The number of carbonyl (C=O) groups excluding carboxylic acids is 1. The molecule has 4 rings (SSSR count). The van der Waals surface area contributed by atoms with Crippen LogP contribution in [0.2, 0.25) is 0 Å². The Morgan fingerprint density at radius 1 is 1.23 bits per heavy atom. The van der Waals surface area contributed by atoms with Crippen molar-refractivity contribution >= 4 is 11.5 Å². The van der Waals surface area contributed by atoms with Crippen LogP contribution < -0.4 is 4.74 Å². The summed E-state index contributed by atoms with van der Waals surface area (Å²) >= 11 is 0. The van der Waals surface area contributed by atoms with Gasteiger partial charge in [-0.3, -0.25) is 4.79 Å². The predicted octanol–water partition coefficient (Wildman–Crippen LogP) is 5.24. The molecule has 0 unspecified atom stereocenters. The molecule has 0 N–H and O–H groups in total. The number of aryl methyl sites for hydroxylation is 1. The molecule has 1 aromatic rings. The van der Waals surface area contributed by atoms with Gasteiger partial charge in [-0.1, -0.05) is 25.5 Å². The Labute approximate surface area is 156 Å². The van der Waals surface area contributed by atoms with Crippen LogP contribution >= 0.6 is 0 Å². The number of hydrogen-bond acceptors (Lipinski definition) is 3. The molecule has 3 aliphatic carbocycles. The largest absolute Gasteiger partial charge is 0.497 e. The molecule has 1 aromatic carbocycles. The van der Waals surface area contributed by atoms with E-state index in [1.807, 2.05) is 0 Å². The second-order valence-electron chi connectivity index (χ2n) is 7.84. The molecule has 3 aliphatic rings. The van der Waals surface area contributed by atoms with Gasteiger partial charge >= 0.3 is 5.97 Å². The summed E-state index contributed by atoms with van der Waals surface area (Å²) in [7, 11) is 1.73. The Kier molecular flexibility index (Phi) is 4.42. The number of rotatable bonds is 4. The maximum atomic E-state index is 11.7. The fourth-order valence-corrected chi connectivity index (χ4v) is 5.48. The molecule has 3 nitrogen and oxygen atoms in total. The van der Waals surface area contributed by atoms with Gasteiger partial charge in [0.1, 0.15) is 11.9 Å². The van der Waals surface area contributed by atoms with Crippen molar-refractivity contribution < 1.29 is 14.3 Å². The summed E-state index contributed by atoms with van der Waals surface area (Å²) in [5.41, 5.74) is 7.35. The minimum Gasteiger partial charge on any atom is -0.497 e. The van der Waals surface area contributed by atoms with E-state index < -0.39 is 0 Å². The normalized spacial score (nSPS) is 26.6. The number of carbonyl (C=O) groups is 1. The predicted molar refractivity (Wildman–Crippen MR) is 103 cm³/mol. The van der Waals surface area contributed by atoms with Gasteiger partial charge < -0.3 is 9.47 Å². The first-order valence-electron chi connectivity index (χ1n) is 9.86. The number of esters is 1. The molecule has 26 heavy (non-hydrogen) atoms. The SMILES string of the molecule is CCC[C@]12CCC3=C(CCc4cc(OC)ccc43)C1=CC[C@H]2OC(C)=O. The van der Waals surface area contributed by atoms with Gasteiger partial charge in [0.25, 0.3) is 0 Å².